The summed E-state index contributed by atoms with van der Waals surface area (Å²) in [5.74, 6) is -1.58. The summed E-state index contributed by atoms with van der Waals surface area (Å²) in [6.45, 7) is 3.18. The summed E-state index contributed by atoms with van der Waals surface area (Å²) in [5.41, 5.74) is 3.91. The minimum absolute atomic E-state index is 0.0571. The maximum absolute atomic E-state index is 12.4. The Morgan fingerprint density at radius 2 is 1.54 bits per heavy atom. The maximum Gasteiger partial charge on any atom is 0.573 e. The Morgan fingerprint density at radius 1 is 0.923 bits per heavy atom. The normalized spacial score (nSPS) is 12.0. The zero-order valence-electron chi connectivity index (χ0n) is 21.5. The second-order valence-electron chi connectivity index (χ2n) is 8.87. The van der Waals surface area contributed by atoms with Gasteiger partial charge in [0.25, 0.3) is 5.91 Å². The highest BCUT2D eigenvalue weighted by atomic mass is 19.4. The Labute approximate surface area is 225 Å². The van der Waals surface area contributed by atoms with Crippen LogP contribution in [0.3, 0.4) is 0 Å². The Morgan fingerprint density at radius 3 is 2.10 bits per heavy atom. The largest absolute Gasteiger partial charge is 0.573 e. The van der Waals surface area contributed by atoms with Gasteiger partial charge in [-0.1, -0.05) is 43.3 Å². The van der Waals surface area contributed by atoms with Crippen LogP contribution in [0.25, 0.3) is 11.1 Å². The van der Waals surface area contributed by atoms with E-state index in [0.29, 0.717) is 25.2 Å². The third-order valence-corrected chi connectivity index (χ3v) is 5.67. The van der Waals surface area contributed by atoms with Gasteiger partial charge in [0.1, 0.15) is 5.75 Å². The Balaban J connectivity index is 1.62. The third-order valence-electron chi connectivity index (χ3n) is 5.67. The summed E-state index contributed by atoms with van der Waals surface area (Å²) in [7, 11) is 0. The van der Waals surface area contributed by atoms with Gasteiger partial charge in [-0.2, -0.15) is 0 Å². The van der Waals surface area contributed by atoms with E-state index in [-0.39, 0.29) is 30.7 Å². The van der Waals surface area contributed by atoms with E-state index in [1.54, 1.807) is 36.4 Å². The fraction of sp³-hybridized carbons (Fsp3) is 0.310. The van der Waals surface area contributed by atoms with Crippen molar-refractivity contribution in [3.8, 4) is 16.9 Å². The van der Waals surface area contributed by atoms with Crippen molar-refractivity contribution in [1.82, 2.24) is 5.32 Å². The van der Waals surface area contributed by atoms with E-state index < -0.39 is 12.3 Å². The standard InChI is InChI=1S/C29H31F3N2O5/c1-2-17-38-19-25(34-24-11-7-23(8-12-24)28(37)33-16-15-27(35)36)18-20-3-5-21(6-4-20)22-9-13-26(14-10-22)39-29(30,31)32/h3-14,25,34H,2,15-19H2,1H3,(H,33,37)(H,35,36). The van der Waals surface area contributed by atoms with Gasteiger partial charge in [-0.05, 0) is 65.9 Å². The van der Waals surface area contributed by atoms with Gasteiger partial charge in [-0.25, -0.2) is 0 Å². The maximum atomic E-state index is 12.4. The molecule has 7 nitrogen and oxygen atoms in total. The first-order valence-corrected chi connectivity index (χ1v) is 12.5. The molecule has 3 aromatic carbocycles. The molecule has 0 saturated carbocycles. The summed E-state index contributed by atoms with van der Waals surface area (Å²) in [6, 6.07) is 20.3. The molecule has 1 atom stereocenters. The van der Waals surface area contributed by atoms with E-state index in [1.807, 2.05) is 31.2 Å². The molecular weight excluding hydrogens is 513 g/mol. The molecule has 0 bridgehead atoms. The molecule has 0 aromatic heterocycles. The molecule has 0 heterocycles. The predicted molar refractivity (Wildman–Crippen MR) is 142 cm³/mol. The van der Waals surface area contributed by atoms with Gasteiger partial charge in [-0.15, -0.1) is 13.2 Å². The number of carboxylic acid groups (broad SMARTS) is 1. The second-order valence-corrected chi connectivity index (χ2v) is 8.87. The van der Waals surface area contributed by atoms with Crippen molar-refractivity contribution in [2.24, 2.45) is 0 Å². The number of ether oxygens (including phenoxy) is 2. The summed E-state index contributed by atoms with van der Waals surface area (Å²) < 4.78 is 46.9. The number of amides is 1. The van der Waals surface area contributed by atoms with Gasteiger partial charge in [0.15, 0.2) is 0 Å². The molecule has 0 fully saturated rings. The number of hydrogen-bond donors (Lipinski definition) is 3. The van der Waals surface area contributed by atoms with Crippen LogP contribution in [0.5, 0.6) is 5.75 Å². The molecule has 0 aliphatic carbocycles. The Bertz CT molecular complexity index is 1200. The summed E-state index contributed by atoms with van der Waals surface area (Å²) in [4.78, 5) is 22.8. The number of rotatable bonds is 14. The molecule has 0 saturated heterocycles. The molecule has 1 amide bonds. The van der Waals surface area contributed by atoms with Gasteiger partial charge in [0, 0.05) is 24.4 Å². The van der Waals surface area contributed by atoms with Gasteiger partial charge < -0.3 is 25.2 Å². The number of carbonyl (C=O) groups is 2. The number of halogens is 3. The topological polar surface area (TPSA) is 96.9 Å². The van der Waals surface area contributed by atoms with Crippen LogP contribution in [-0.4, -0.2) is 49.1 Å². The van der Waals surface area contributed by atoms with Crippen LogP contribution in [0, 0.1) is 0 Å². The van der Waals surface area contributed by atoms with Crippen LogP contribution in [0.2, 0.25) is 0 Å². The third kappa shape index (κ3) is 10.3. The number of aliphatic carboxylic acids is 1. The van der Waals surface area contributed by atoms with Crippen LogP contribution < -0.4 is 15.4 Å². The summed E-state index contributed by atoms with van der Waals surface area (Å²) >= 11 is 0. The van der Waals surface area contributed by atoms with Crippen molar-refractivity contribution in [2.45, 2.75) is 38.6 Å². The number of anilines is 1. The smallest absolute Gasteiger partial charge is 0.481 e. The first kappa shape index (κ1) is 29.5. The zero-order valence-corrected chi connectivity index (χ0v) is 21.5. The van der Waals surface area contributed by atoms with Crippen molar-refractivity contribution in [2.75, 3.05) is 25.1 Å². The number of hydrogen-bond acceptors (Lipinski definition) is 5. The number of nitrogens with one attached hydrogen (secondary N) is 2. The molecule has 0 radical (unpaired) electrons. The first-order valence-electron chi connectivity index (χ1n) is 12.5. The molecule has 0 aliphatic rings. The number of carbonyl (C=O) groups excluding carboxylic acids is 1. The minimum atomic E-state index is -4.73. The minimum Gasteiger partial charge on any atom is -0.481 e. The summed E-state index contributed by atoms with van der Waals surface area (Å²) in [6.07, 6.45) is -3.33. The monoisotopic (exact) mass is 544 g/mol. The highest BCUT2D eigenvalue weighted by molar-refractivity contribution is 5.94. The molecule has 0 spiro atoms. The highest BCUT2D eigenvalue weighted by Gasteiger charge is 2.31. The van der Waals surface area contributed by atoms with E-state index in [9.17, 15) is 22.8 Å². The SMILES string of the molecule is CCCOCC(Cc1ccc(-c2ccc(OC(F)(F)F)cc2)cc1)Nc1ccc(C(=O)NCCC(=O)O)cc1. The van der Waals surface area contributed by atoms with E-state index in [4.69, 9.17) is 9.84 Å². The molecule has 208 valence electrons. The lowest BCUT2D eigenvalue weighted by Gasteiger charge is -2.21. The Kier molecular flexibility index (Phi) is 10.7. The van der Waals surface area contributed by atoms with Gasteiger partial charge in [0.2, 0.25) is 0 Å². The van der Waals surface area contributed by atoms with Gasteiger partial charge in [-0.3, -0.25) is 9.59 Å². The van der Waals surface area contributed by atoms with Crippen molar-refractivity contribution < 1.29 is 37.3 Å². The predicted octanol–water partition coefficient (Wildman–Crippen LogP) is 5.91. The Hall–Kier alpha value is -4.05. The molecule has 39 heavy (non-hydrogen) atoms. The van der Waals surface area contributed by atoms with Crippen LogP contribution in [-0.2, 0) is 16.0 Å². The summed E-state index contributed by atoms with van der Waals surface area (Å²) in [5, 5.41) is 14.7. The molecule has 1 unspecified atom stereocenters. The molecular formula is C29H31F3N2O5. The molecule has 0 aliphatic heterocycles. The van der Waals surface area contributed by atoms with Crippen molar-refractivity contribution >= 4 is 17.6 Å². The van der Waals surface area contributed by atoms with Crippen molar-refractivity contribution in [3.05, 3.63) is 83.9 Å². The van der Waals surface area contributed by atoms with Crippen molar-refractivity contribution in [3.63, 3.8) is 0 Å². The molecule has 3 aromatic rings. The fourth-order valence-corrected chi connectivity index (χ4v) is 3.83. The van der Waals surface area contributed by atoms with Crippen LogP contribution in [0.4, 0.5) is 18.9 Å². The zero-order chi connectivity index (χ0) is 28.3. The van der Waals surface area contributed by atoms with E-state index in [2.05, 4.69) is 15.4 Å². The molecule has 3 rings (SSSR count). The van der Waals surface area contributed by atoms with Crippen LogP contribution in [0.1, 0.15) is 35.7 Å². The van der Waals surface area contributed by atoms with Crippen molar-refractivity contribution in [1.29, 1.82) is 0 Å². The quantitative estimate of drug-likeness (QED) is 0.219. The van der Waals surface area contributed by atoms with Gasteiger partial charge in [0.05, 0.1) is 19.1 Å². The fourth-order valence-electron chi connectivity index (χ4n) is 3.83. The molecule has 10 heteroatoms. The number of carboxylic acids is 1. The lowest BCUT2D eigenvalue weighted by molar-refractivity contribution is -0.274. The number of benzene rings is 3. The van der Waals surface area contributed by atoms with Crippen LogP contribution in [0.15, 0.2) is 72.8 Å². The second kappa shape index (κ2) is 14.2. The first-order chi connectivity index (χ1) is 18.6. The number of alkyl halides is 3. The average Bonchev–Trinajstić information content (AvgIpc) is 2.89. The highest BCUT2D eigenvalue weighted by Crippen LogP contribution is 2.27. The lowest BCUT2D eigenvalue weighted by atomic mass is 10.0. The van der Waals surface area contributed by atoms with E-state index in [1.165, 1.54) is 12.1 Å². The lowest BCUT2D eigenvalue weighted by Crippen LogP contribution is -2.28. The van der Waals surface area contributed by atoms with Gasteiger partial charge >= 0.3 is 12.3 Å². The van der Waals surface area contributed by atoms with E-state index >= 15 is 0 Å². The van der Waals surface area contributed by atoms with Crippen LogP contribution >= 0.6 is 0 Å². The average molecular weight is 545 g/mol. The van der Waals surface area contributed by atoms with E-state index in [0.717, 1.165) is 28.8 Å². The molecule has 3 N–H and O–H groups in total.